The van der Waals surface area contributed by atoms with E-state index in [4.69, 9.17) is 9.47 Å². The van der Waals surface area contributed by atoms with Crippen molar-refractivity contribution >= 4 is 23.6 Å². The second kappa shape index (κ2) is 9.17. The van der Waals surface area contributed by atoms with E-state index < -0.39 is 5.97 Å². The van der Waals surface area contributed by atoms with Crippen LogP contribution >= 0.6 is 0 Å². The van der Waals surface area contributed by atoms with Gasteiger partial charge in [-0.25, -0.2) is 4.79 Å². The fraction of sp³-hybridized carbons (Fsp3) is 0.143. The molecule has 0 N–H and O–H groups in total. The molecule has 0 saturated heterocycles. The molecule has 1 amide bonds. The molecule has 5 nitrogen and oxygen atoms in total. The molecule has 0 atom stereocenters. The molecular formula is C28H25NO4. The van der Waals surface area contributed by atoms with Gasteiger partial charge < -0.3 is 9.47 Å². The number of hydrogen-bond donors (Lipinski definition) is 0. The Bertz CT molecular complexity index is 1270. The molecule has 0 unspecified atom stereocenters. The van der Waals surface area contributed by atoms with Gasteiger partial charge in [-0.05, 0) is 79.9 Å². The third-order valence-electron chi connectivity index (χ3n) is 5.40. The highest BCUT2D eigenvalue weighted by Gasteiger charge is 2.38. The number of carbonyl (C=O) groups excluding carboxylic acids is 2. The monoisotopic (exact) mass is 439 g/mol. The standard InChI is InChI=1S/C28H25NO4/c1-18-13-19(2)15-22(14-18)29-20(3)26(28(31)32-4)25(27(29)30)17-21-9-8-12-24(16-21)33-23-10-6-5-7-11-23/h5-17H,1-4H3/b25-17-. The Balaban J connectivity index is 1.75. The van der Waals surface area contributed by atoms with Crippen molar-refractivity contribution in [3.8, 4) is 11.5 Å². The number of esters is 1. The van der Waals surface area contributed by atoms with Gasteiger partial charge in [0.05, 0.1) is 18.3 Å². The van der Waals surface area contributed by atoms with Crippen LogP contribution in [0.25, 0.3) is 6.08 Å². The van der Waals surface area contributed by atoms with Gasteiger partial charge in [-0.15, -0.1) is 0 Å². The summed E-state index contributed by atoms with van der Waals surface area (Å²) < 4.78 is 10.9. The molecule has 0 aromatic heterocycles. The molecule has 0 radical (unpaired) electrons. The van der Waals surface area contributed by atoms with Gasteiger partial charge in [0.15, 0.2) is 0 Å². The largest absolute Gasteiger partial charge is 0.465 e. The van der Waals surface area contributed by atoms with E-state index in [0.717, 1.165) is 22.4 Å². The van der Waals surface area contributed by atoms with E-state index in [1.54, 1.807) is 17.9 Å². The van der Waals surface area contributed by atoms with Crippen molar-refractivity contribution in [1.29, 1.82) is 0 Å². The van der Waals surface area contributed by atoms with Crippen LogP contribution in [0.1, 0.15) is 23.6 Å². The Labute approximate surface area is 193 Å². The lowest BCUT2D eigenvalue weighted by molar-refractivity contribution is -0.136. The Hall–Kier alpha value is -4.12. The van der Waals surface area contributed by atoms with Crippen LogP contribution in [0.2, 0.25) is 0 Å². The van der Waals surface area contributed by atoms with Gasteiger partial charge in [-0.1, -0.05) is 36.4 Å². The molecule has 3 aromatic carbocycles. The molecule has 5 heteroatoms. The lowest BCUT2D eigenvalue weighted by Crippen LogP contribution is -2.24. The van der Waals surface area contributed by atoms with E-state index in [1.807, 2.05) is 86.6 Å². The molecule has 3 aromatic rings. The van der Waals surface area contributed by atoms with Crippen LogP contribution in [-0.2, 0) is 14.3 Å². The van der Waals surface area contributed by atoms with Gasteiger partial charge in [0.1, 0.15) is 11.5 Å². The molecular weight excluding hydrogens is 414 g/mol. The summed E-state index contributed by atoms with van der Waals surface area (Å²) in [6.45, 7) is 5.72. The Morgan fingerprint density at radius 3 is 2.18 bits per heavy atom. The molecule has 1 aliphatic heterocycles. The number of ether oxygens (including phenoxy) is 2. The minimum atomic E-state index is -0.546. The van der Waals surface area contributed by atoms with Gasteiger partial charge in [-0.3, -0.25) is 9.69 Å². The molecule has 1 aliphatic rings. The summed E-state index contributed by atoms with van der Waals surface area (Å²) in [6, 6.07) is 22.7. The molecule has 0 aliphatic carbocycles. The topological polar surface area (TPSA) is 55.8 Å². The van der Waals surface area contributed by atoms with Gasteiger partial charge in [0.25, 0.3) is 5.91 Å². The van der Waals surface area contributed by atoms with E-state index in [2.05, 4.69) is 0 Å². The fourth-order valence-corrected chi connectivity index (χ4v) is 4.03. The van der Waals surface area contributed by atoms with E-state index in [9.17, 15) is 9.59 Å². The summed E-state index contributed by atoms with van der Waals surface area (Å²) >= 11 is 0. The molecule has 4 rings (SSSR count). The van der Waals surface area contributed by atoms with Crippen LogP contribution in [0.5, 0.6) is 11.5 Å². The van der Waals surface area contributed by atoms with Crippen molar-refractivity contribution in [3.63, 3.8) is 0 Å². The van der Waals surface area contributed by atoms with Crippen molar-refractivity contribution in [1.82, 2.24) is 0 Å². The Kier molecular flexibility index (Phi) is 6.13. The van der Waals surface area contributed by atoms with Crippen LogP contribution in [0.15, 0.2) is 89.6 Å². The predicted molar refractivity (Wildman–Crippen MR) is 129 cm³/mol. The lowest BCUT2D eigenvalue weighted by atomic mass is 10.0. The van der Waals surface area contributed by atoms with Gasteiger partial charge in [0, 0.05) is 11.4 Å². The SMILES string of the molecule is COC(=O)C1=C(C)N(c2cc(C)cc(C)c2)C(=O)/C1=C\c1cccc(Oc2ccccc2)c1. The average molecular weight is 440 g/mol. The number of carbonyl (C=O) groups is 2. The maximum Gasteiger partial charge on any atom is 0.340 e. The summed E-state index contributed by atoms with van der Waals surface area (Å²) in [5.74, 6) is 0.529. The van der Waals surface area contributed by atoms with Crippen LogP contribution < -0.4 is 9.64 Å². The van der Waals surface area contributed by atoms with Gasteiger partial charge in [-0.2, -0.15) is 0 Å². The summed E-state index contributed by atoms with van der Waals surface area (Å²) in [6.07, 6.45) is 1.71. The van der Waals surface area contributed by atoms with Crippen molar-refractivity contribution < 1.29 is 19.1 Å². The van der Waals surface area contributed by atoms with Gasteiger partial charge >= 0.3 is 5.97 Å². The van der Waals surface area contributed by atoms with Crippen LogP contribution in [0.4, 0.5) is 5.69 Å². The van der Waals surface area contributed by atoms with Crippen LogP contribution in [0.3, 0.4) is 0 Å². The minimum Gasteiger partial charge on any atom is -0.465 e. The normalized spacial score (nSPS) is 14.7. The van der Waals surface area contributed by atoms with Crippen molar-refractivity contribution in [2.75, 3.05) is 12.0 Å². The van der Waals surface area contributed by atoms with Gasteiger partial charge in [0.2, 0.25) is 0 Å². The Morgan fingerprint density at radius 2 is 1.52 bits per heavy atom. The zero-order valence-corrected chi connectivity index (χ0v) is 19.1. The zero-order chi connectivity index (χ0) is 23.5. The second-order valence-electron chi connectivity index (χ2n) is 7.98. The fourth-order valence-electron chi connectivity index (χ4n) is 4.03. The first-order valence-electron chi connectivity index (χ1n) is 10.6. The van der Waals surface area contributed by atoms with Crippen molar-refractivity contribution in [2.24, 2.45) is 0 Å². The molecule has 0 bridgehead atoms. The first-order valence-corrected chi connectivity index (χ1v) is 10.6. The summed E-state index contributed by atoms with van der Waals surface area (Å²) in [7, 11) is 1.32. The predicted octanol–water partition coefficient (Wildman–Crippen LogP) is 5.97. The highest BCUT2D eigenvalue weighted by molar-refractivity contribution is 6.23. The number of amides is 1. The molecule has 1 heterocycles. The van der Waals surface area contributed by atoms with E-state index in [1.165, 1.54) is 7.11 Å². The molecule has 0 spiro atoms. The summed E-state index contributed by atoms with van der Waals surface area (Å²) in [5.41, 5.74) is 4.62. The minimum absolute atomic E-state index is 0.260. The number of nitrogens with zero attached hydrogens (tertiary/aromatic N) is 1. The highest BCUT2D eigenvalue weighted by Crippen LogP contribution is 2.36. The van der Waals surface area contributed by atoms with Crippen molar-refractivity contribution in [3.05, 3.63) is 106 Å². The zero-order valence-electron chi connectivity index (χ0n) is 19.1. The second-order valence-corrected chi connectivity index (χ2v) is 7.98. The third-order valence-corrected chi connectivity index (χ3v) is 5.40. The number of rotatable bonds is 5. The molecule has 0 fully saturated rings. The highest BCUT2D eigenvalue weighted by atomic mass is 16.5. The van der Waals surface area contributed by atoms with E-state index >= 15 is 0 Å². The van der Waals surface area contributed by atoms with E-state index in [-0.39, 0.29) is 17.1 Å². The number of benzene rings is 3. The lowest BCUT2D eigenvalue weighted by Gasteiger charge is -2.19. The average Bonchev–Trinajstić information content (AvgIpc) is 3.03. The number of methoxy groups -OCH3 is 1. The maximum atomic E-state index is 13.5. The van der Waals surface area contributed by atoms with Crippen LogP contribution in [-0.4, -0.2) is 19.0 Å². The maximum absolute atomic E-state index is 13.5. The summed E-state index contributed by atoms with van der Waals surface area (Å²) in [4.78, 5) is 27.8. The smallest absolute Gasteiger partial charge is 0.340 e. The molecule has 166 valence electrons. The third kappa shape index (κ3) is 4.58. The number of para-hydroxylation sites is 1. The van der Waals surface area contributed by atoms with Crippen molar-refractivity contribution in [2.45, 2.75) is 20.8 Å². The number of aryl methyl sites for hydroxylation is 2. The van der Waals surface area contributed by atoms with Crippen LogP contribution in [0, 0.1) is 13.8 Å². The molecule has 33 heavy (non-hydrogen) atoms. The first kappa shape index (κ1) is 22.1. The first-order chi connectivity index (χ1) is 15.9. The Morgan fingerprint density at radius 1 is 0.848 bits per heavy atom. The quantitative estimate of drug-likeness (QED) is 0.363. The van der Waals surface area contributed by atoms with E-state index in [0.29, 0.717) is 17.2 Å². The number of hydrogen-bond acceptors (Lipinski definition) is 4. The number of anilines is 1. The molecule has 0 saturated carbocycles. The number of allylic oxidation sites excluding steroid dienone is 1. The summed E-state index contributed by atoms with van der Waals surface area (Å²) in [5, 5.41) is 0.